The van der Waals surface area contributed by atoms with E-state index in [4.69, 9.17) is 4.74 Å². The lowest BCUT2D eigenvalue weighted by Gasteiger charge is -2.50. The van der Waals surface area contributed by atoms with E-state index in [0.717, 1.165) is 6.42 Å². The van der Waals surface area contributed by atoms with Crippen LogP contribution in [0.5, 0.6) is 0 Å². The van der Waals surface area contributed by atoms with Crippen LogP contribution in [0.15, 0.2) is 0 Å². The molecule has 102 valence electrons. The Morgan fingerprint density at radius 3 is 2.41 bits per heavy atom. The summed E-state index contributed by atoms with van der Waals surface area (Å²) in [6, 6.07) is 0.279. The van der Waals surface area contributed by atoms with Crippen LogP contribution in [0.1, 0.15) is 41.0 Å². The molecule has 1 aliphatic rings. The highest BCUT2D eigenvalue weighted by Gasteiger charge is 2.46. The molecule has 1 rings (SSSR count). The molecule has 0 amide bonds. The van der Waals surface area contributed by atoms with Crippen molar-refractivity contribution in [1.29, 1.82) is 0 Å². The van der Waals surface area contributed by atoms with Crippen LogP contribution in [0.25, 0.3) is 0 Å². The van der Waals surface area contributed by atoms with E-state index in [9.17, 15) is 10.2 Å². The molecular formula is C13H27NO3. The Morgan fingerprint density at radius 1 is 1.41 bits per heavy atom. The van der Waals surface area contributed by atoms with Gasteiger partial charge in [-0.2, -0.15) is 0 Å². The predicted octanol–water partition coefficient (Wildman–Crippen LogP) is 0.911. The van der Waals surface area contributed by atoms with Crippen LogP contribution in [0.3, 0.4) is 0 Å². The minimum Gasteiger partial charge on any atom is -0.392 e. The highest BCUT2D eigenvalue weighted by Crippen LogP contribution is 2.40. The van der Waals surface area contributed by atoms with Crippen molar-refractivity contribution in [2.75, 3.05) is 13.2 Å². The van der Waals surface area contributed by atoms with E-state index in [1.807, 2.05) is 34.6 Å². The SMILES string of the molecule is CC(C)(C)OCC(O)CNC1CC(O)C1(C)C. The maximum absolute atomic E-state index is 9.77. The van der Waals surface area contributed by atoms with Crippen LogP contribution in [0.2, 0.25) is 0 Å². The summed E-state index contributed by atoms with van der Waals surface area (Å²) in [5.74, 6) is 0. The fourth-order valence-corrected chi connectivity index (χ4v) is 1.93. The van der Waals surface area contributed by atoms with Gasteiger partial charge in [0, 0.05) is 18.0 Å². The topological polar surface area (TPSA) is 61.7 Å². The lowest BCUT2D eigenvalue weighted by atomic mass is 9.64. The number of nitrogens with one attached hydrogen (secondary N) is 1. The number of aliphatic hydroxyl groups excluding tert-OH is 2. The molecule has 1 fully saturated rings. The van der Waals surface area contributed by atoms with Gasteiger partial charge in [0.15, 0.2) is 0 Å². The molecule has 3 N–H and O–H groups in total. The van der Waals surface area contributed by atoms with E-state index >= 15 is 0 Å². The number of ether oxygens (including phenoxy) is 1. The summed E-state index contributed by atoms with van der Waals surface area (Å²) in [6.07, 6.45) is 0.0329. The first-order chi connectivity index (χ1) is 7.63. The van der Waals surface area contributed by atoms with Gasteiger partial charge in [-0.15, -0.1) is 0 Å². The third-order valence-corrected chi connectivity index (χ3v) is 3.52. The summed E-state index contributed by atoms with van der Waals surface area (Å²) in [4.78, 5) is 0. The molecule has 0 aromatic heterocycles. The molecule has 3 unspecified atom stereocenters. The Hall–Kier alpha value is -0.160. The summed E-state index contributed by atoms with van der Waals surface area (Å²) in [6.45, 7) is 10.8. The minimum atomic E-state index is -0.497. The number of aliphatic hydroxyl groups is 2. The zero-order valence-corrected chi connectivity index (χ0v) is 11.7. The van der Waals surface area contributed by atoms with E-state index in [0.29, 0.717) is 13.2 Å². The summed E-state index contributed by atoms with van der Waals surface area (Å²) in [5, 5.41) is 22.6. The van der Waals surface area contributed by atoms with Crippen molar-refractivity contribution >= 4 is 0 Å². The molecule has 0 aromatic carbocycles. The van der Waals surface area contributed by atoms with Gasteiger partial charge in [-0.3, -0.25) is 0 Å². The Labute approximate surface area is 104 Å². The summed E-state index contributed by atoms with van der Waals surface area (Å²) < 4.78 is 5.51. The van der Waals surface area contributed by atoms with Gasteiger partial charge >= 0.3 is 0 Å². The molecule has 1 saturated carbocycles. The first-order valence-electron chi connectivity index (χ1n) is 6.36. The van der Waals surface area contributed by atoms with E-state index in [1.54, 1.807) is 0 Å². The van der Waals surface area contributed by atoms with Crippen LogP contribution in [0, 0.1) is 5.41 Å². The molecule has 4 heteroatoms. The van der Waals surface area contributed by atoms with E-state index in [2.05, 4.69) is 5.32 Å². The van der Waals surface area contributed by atoms with Crippen molar-refractivity contribution in [2.45, 2.75) is 64.9 Å². The Morgan fingerprint density at radius 2 is 2.00 bits per heavy atom. The number of rotatable bonds is 5. The second-order valence-corrected chi connectivity index (χ2v) is 6.61. The molecule has 0 bridgehead atoms. The first kappa shape index (κ1) is 14.9. The van der Waals surface area contributed by atoms with E-state index in [-0.39, 0.29) is 23.2 Å². The maximum atomic E-state index is 9.77. The number of hydrogen-bond acceptors (Lipinski definition) is 4. The van der Waals surface area contributed by atoms with E-state index < -0.39 is 6.10 Å². The van der Waals surface area contributed by atoms with Gasteiger partial charge < -0.3 is 20.3 Å². The molecule has 0 aliphatic heterocycles. The normalized spacial score (nSPS) is 29.8. The Balaban J connectivity index is 2.19. The standard InChI is InChI=1S/C13H27NO3/c1-12(2,3)17-8-9(15)7-14-10-6-11(16)13(10,4)5/h9-11,14-16H,6-8H2,1-5H3. The Kier molecular flexibility index (Phi) is 4.58. The first-order valence-corrected chi connectivity index (χ1v) is 6.36. The molecule has 0 saturated heterocycles. The van der Waals surface area contributed by atoms with Gasteiger partial charge in [0.05, 0.1) is 24.4 Å². The van der Waals surface area contributed by atoms with E-state index in [1.165, 1.54) is 0 Å². The van der Waals surface area contributed by atoms with Crippen molar-refractivity contribution in [3.8, 4) is 0 Å². The third kappa shape index (κ3) is 4.21. The van der Waals surface area contributed by atoms with Crippen molar-refractivity contribution in [3.63, 3.8) is 0 Å². The average Bonchev–Trinajstić information content (AvgIpc) is 2.20. The summed E-state index contributed by atoms with van der Waals surface area (Å²) in [5.41, 5.74) is -0.308. The highest BCUT2D eigenvalue weighted by atomic mass is 16.5. The molecule has 0 spiro atoms. The quantitative estimate of drug-likeness (QED) is 0.674. The lowest BCUT2D eigenvalue weighted by molar-refractivity contribution is -0.0817. The average molecular weight is 245 g/mol. The highest BCUT2D eigenvalue weighted by molar-refractivity contribution is 5.01. The van der Waals surface area contributed by atoms with Crippen molar-refractivity contribution in [1.82, 2.24) is 5.32 Å². The zero-order valence-electron chi connectivity index (χ0n) is 11.7. The van der Waals surface area contributed by atoms with Gasteiger partial charge in [-0.25, -0.2) is 0 Å². The monoisotopic (exact) mass is 245 g/mol. The zero-order chi connectivity index (χ0) is 13.3. The third-order valence-electron chi connectivity index (χ3n) is 3.52. The predicted molar refractivity (Wildman–Crippen MR) is 67.9 cm³/mol. The second-order valence-electron chi connectivity index (χ2n) is 6.61. The minimum absolute atomic E-state index is 0.0927. The van der Waals surface area contributed by atoms with Crippen LogP contribution < -0.4 is 5.32 Å². The van der Waals surface area contributed by atoms with Crippen LogP contribution in [-0.4, -0.2) is 47.2 Å². The molecule has 0 radical (unpaired) electrons. The molecular weight excluding hydrogens is 218 g/mol. The fraction of sp³-hybridized carbons (Fsp3) is 1.00. The molecule has 3 atom stereocenters. The van der Waals surface area contributed by atoms with Crippen LogP contribution >= 0.6 is 0 Å². The summed E-state index contributed by atoms with van der Waals surface area (Å²) >= 11 is 0. The van der Waals surface area contributed by atoms with Crippen molar-refractivity contribution in [2.24, 2.45) is 5.41 Å². The van der Waals surface area contributed by atoms with Gasteiger partial charge in [0.2, 0.25) is 0 Å². The molecule has 17 heavy (non-hydrogen) atoms. The van der Waals surface area contributed by atoms with Crippen LogP contribution in [0.4, 0.5) is 0 Å². The van der Waals surface area contributed by atoms with Gasteiger partial charge in [0.25, 0.3) is 0 Å². The molecule has 4 nitrogen and oxygen atoms in total. The molecule has 0 aromatic rings. The summed E-state index contributed by atoms with van der Waals surface area (Å²) in [7, 11) is 0. The maximum Gasteiger partial charge on any atom is 0.0898 e. The Bertz CT molecular complexity index is 248. The van der Waals surface area contributed by atoms with Crippen LogP contribution in [-0.2, 0) is 4.74 Å². The van der Waals surface area contributed by atoms with Gasteiger partial charge in [0.1, 0.15) is 0 Å². The van der Waals surface area contributed by atoms with Crippen molar-refractivity contribution < 1.29 is 14.9 Å². The van der Waals surface area contributed by atoms with Crippen molar-refractivity contribution in [3.05, 3.63) is 0 Å². The molecule has 1 aliphatic carbocycles. The fourth-order valence-electron chi connectivity index (χ4n) is 1.93. The van der Waals surface area contributed by atoms with Gasteiger partial charge in [-0.05, 0) is 27.2 Å². The second kappa shape index (κ2) is 5.22. The largest absolute Gasteiger partial charge is 0.392 e. The number of hydrogen-bond donors (Lipinski definition) is 3. The lowest BCUT2D eigenvalue weighted by Crippen LogP contribution is -2.61. The smallest absolute Gasteiger partial charge is 0.0898 e. The molecule has 0 heterocycles. The van der Waals surface area contributed by atoms with Gasteiger partial charge in [-0.1, -0.05) is 13.8 Å².